The first kappa shape index (κ1) is 12.8. The summed E-state index contributed by atoms with van der Waals surface area (Å²) >= 11 is 0. The smallest absolute Gasteiger partial charge is 0.324 e. The zero-order valence-corrected chi connectivity index (χ0v) is 10.5. The molecule has 1 atom stereocenters. The number of nitrogens with zero attached hydrogens (tertiary/aromatic N) is 4. The molecule has 1 aromatic heterocycles. The molecule has 1 fully saturated rings. The third-order valence-corrected chi connectivity index (χ3v) is 2.63. The lowest BCUT2D eigenvalue weighted by atomic mass is 10.3. The lowest BCUT2D eigenvalue weighted by molar-refractivity contribution is 0.0459. The molecule has 1 aliphatic heterocycles. The fraction of sp³-hybridized carbons (Fsp3) is 0.700. The van der Waals surface area contributed by atoms with Gasteiger partial charge < -0.3 is 24.8 Å². The first-order chi connectivity index (χ1) is 8.76. The number of anilines is 1. The summed E-state index contributed by atoms with van der Waals surface area (Å²) in [6.45, 7) is 2.41. The second kappa shape index (κ2) is 5.78. The minimum absolute atomic E-state index is 0.00694. The van der Waals surface area contributed by atoms with Crippen molar-refractivity contribution in [2.24, 2.45) is 5.73 Å². The van der Waals surface area contributed by atoms with E-state index in [9.17, 15) is 0 Å². The van der Waals surface area contributed by atoms with E-state index in [0.717, 1.165) is 0 Å². The van der Waals surface area contributed by atoms with Crippen LogP contribution in [0.4, 0.5) is 5.95 Å². The van der Waals surface area contributed by atoms with Gasteiger partial charge in [-0.2, -0.15) is 9.97 Å². The van der Waals surface area contributed by atoms with Crippen molar-refractivity contribution in [1.82, 2.24) is 15.0 Å². The molecule has 0 radical (unpaired) electrons. The van der Waals surface area contributed by atoms with Gasteiger partial charge in [0.25, 0.3) is 0 Å². The van der Waals surface area contributed by atoms with E-state index >= 15 is 0 Å². The van der Waals surface area contributed by atoms with Gasteiger partial charge in [-0.25, -0.2) is 0 Å². The third-order valence-electron chi connectivity index (χ3n) is 2.63. The van der Waals surface area contributed by atoms with Crippen molar-refractivity contribution >= 4 is 5.95 Å². The topological polar surface area (TPSA) is 95.6 Å². The highest BCUT2D eigenvalue weighted by molar-refractivity contribution is 5.33. The summed E-state index contributed by atoms with van der Waals surface area (Å²) < 4.78 is 15.5. The van der Waals surface area contributed by atoms with Crippen LogP contribution in [-0.2, 0) is 4.74 Å². The van der Waals surface area contributed by atoms with Crippen LogP contribution in [0.25, 0.3) is 0 Å². The van der Waals surface area contributed by atoms with Crippen LogP contribution >= 0.6 is 0 Å². The molecule has 1 saturated heterocycles. The first-order valence-corrected chi connectivity index (χ1v) is 5.67. The van der Waals surface area contributed by atoms with Gasteiger partial charge >= 0.3 is 12.0 Å². The average molecular weight is 255 g/mol. The SMILES string of the molecule is COc1nc(OC)nc(N2CCOC(CN)C2)n1. The number of ether oxygens (including phenoxy) is 3. The Balaban J connectivity index is 2.20. The summed E-state index contributed by atoms with van der Waals surface area (Å²) in [6.07, 6.45) is -0.00694. The Labute approximate surface area is 105 Å². The maximum atomic E-state index is 5.60. The van der Waals surface area contributed by atoms with Crippen LogP contribution in [0.15, 0.2) is 0 Å². The molecule has 0 saturated carbocycles. The van der Waals surface area contributed by atoms with Crippen molar-refractivity contribution in [2.45, 2.75) is 6.10 Å². The molecule has 0 aliphatic carbocycles. The average Bonchev–Trinajstić information content (AvgIpc) is 2.46. The number of nitrogens with two attached hydrogens (primary N) is 1. The highest BCUT2D eigenvalue weighted by atomic mass is 16.5. The molecule has 1 unspecified atom stereocenters. The van der Waals surface area contributed by atoms with Crippen molar-refractivity contribution in [3.63, 3.8) is 0 Å². The Bertz CT molecular complexity index is 381. The molecule has 0 amide bonds. The maximum absolute atomic E-state index is 5.60. The van der Waals surface area contributed by atoms with Gasteiger partial charge in [0.05, 0.1) is 26.9 Å². The third kappa shape index (κ3) is 2.77. The van der Waals surface area contributed by atoms with Gasteiger partial charge in [-0.15, -0.1) is 4.98 Å². The molecule has 2 N–H and O–H groups in total. The van der Waals surface area contributed by atoms with Crippen molar-refractivity contribution in [2.75, 3.05) is 45.4 Å². The minimum atomic E-state index is -0.00694. The van der Waals surface area contributed by atoms with Crippen LogP contribution < -0.4 is 20.1 Å². The Morgan fingerprint density at radius 2 is 1.94 bits per heavy atom. The predicted molar refractivity (Wildman–Crippen MR) is 63.9 cm³/mol. The number of rotatable bonds is 4. The molecule has 2 rings (SSSR count). The van der Waals surface area contributed by atoms with E-state index in [-0.39, 0.29) is 18.1 Å². The predicted octanol–water partition coefficient (Wildman–Crippen LogP) is -0.947. The Kier molecular flexibility index (Phi) is 4.11. The molecule has 0 aromatic carbocycles. The zero-order chi connectivity index (χ0) is 13.0. The minimum Gasteiger partial charge on any atom is -0.467 e. The molecular weight excluding hydrogens is 238 g/mol. The summed E-state index contributed by atoms with van der Waals surface area (Å²) in [6, 6.07) is 0.459. The van der Waals surface area contributed by atoms with E-state index in [1.807, 2.05) is 4.90 Å². The zero-order valence-electron chi connectivity index (χ0n) is 10.5. The van der Waals surface area contributed by atoms with E-state index in [2.05, 4.69) is 15.0 Å². The fourth-order valence-corrected chi connectivity index (χ4v) is 1.70. The molecular formula is C10H17N5O3. The normalized spacial score (nSPS) is 19.7. The number of hydrogen-bond donors (Lipinski definition) is 1. The quantitative estimate of drug-likeness (QED) is 0.736. The standard InChI is InChI=1S/C10H17N5O3/c1-16-9-12-8(13-10(14-9)17-2)15-3-4-18-7(5-11)6-15/h7H,3-6,11H2,1-2H3. The summed E-state index contributed by atoms with van der Waals surface area (Å²) in [5.74, 6) is 0.514. The van der Waals surface area contributed by atoms with E-state index in [4.69, 9.17) is 19.9 Å². The summed E-state index contributed by atoms with van der Waals surface area (Å²) in [5, 5.41) is 0. The van der Waals surface area contributed by atoms with Crippen molar-refractivity contribution in [3.8, 4) is 12.0 Å². The van der Waals surface area contributed by atoms with Gasteiger partial charge in [-0.05, 0) is 0 Å². The Hall–Kier alpha value is -1.67. The summed E-state index contributed by atoms with van der Waals surface area (Å²) in [4.78, 5) is 14.3. The van der Waals surface area contributed by atoms with Crippen LogP contribution in [0.3, 0.4) is 0 Å². The molecule has 2 heterocycles. The lowest BCUT2D eigenvalue weighted by Gasteiger charge is -2.32. The van der Waals surface area contributed by atoms with Gasteiger partial charge in [0, 0.05) is 19.6 Å². The van der Waals surface area contributed by atoms with E-state index in [0.29, 0.717) is 32.2 Å². The highest BCUT2D eigenvalue weighted by Crippen LogP contribution is 2.18. The molecule has 1 aliphatic rings. The maximum Gasteiger partial charge on any atom is 0.324 e. The van der Waals surface area contributed by atoms with Gasteiger partial charge in [0.1, 0.15) is 0 Å². The van der Waals surface area contributed by atoms with E-state index < -0.39 is 0 Å². The van der Waals surface area contributed by atoms with Crippen LogP contribution in [0.2, 0.25) is 0 Å². The molecule has 18 heavy (non-hydrogen) atoms. The van der Waals surface area contributed by atoms with Crippen molar-refractivity contribution in [3.05, 3.63) is 0 Å². The number of aromatic nitrogens is 3. The molecule has 8 nitrogen and oxygen atoms in total. The number of morpholine rings is 1. The van der Waals surface area contributed by atoms with Gasteiger partial charge in [-0.1, -0.05) is 0 Å². The highest BCUT2D eigenvalue weighted by Gasteiger charge is 2.22. The van der Waals surface area contributed by atoms with Crippen LogP contribution in [-0.4, -0.2) is 61.5 Å². The second-order valence-corrected chi connectivity index (χ2v) is 3.78. The Morgan fingerprint density at radius 3 is 2.50 bits per heavy atom. The molecule has 1 aromatic rings. The Morgan fingerprint density at radius 1 is 1.28 bits per heavy atom. The molecule has 100 valence electrons. The molecule has 8 heteroatoms. The van der Waals surface area contributed by atoms with Crippen molar-refractivity contribution < 1.29 is 14.2 Å². The van der Waals surface area contributed by atoms with E-state index in [1.54, 1.807) is 0 Å². The van der Waals surface area contributed by atoms with Gasteiger partial charge in [0.15, 0.2) is 0 Å². The van der Waals surface area contributed by atoms with Crippen LogP contribution in [0.1, 0.15) is 0 Å². The van der Waals surface area contributed by atoms with Crippen LogP contribution in [0.5, 0.6) is 12.0 Å². The molecule has 0 bridgehead atoms. The van der Waals surface area contributed by atoms with E-state index in [1.165, 1.54) is 14.2 Å². The molecule has 0 spiro atoms. The largest absolute Gasteiger partial charge is 0.467 e. The monoisotopic (exact) mass is 255 g/mol. The van der Waals surface area contributed by atoms with Gasteiger partial charge in [0.2, 0.25) is 5.95 Å². The van der Waals surface area contributed by atoms with Crippen molar-refractivity contribution in [1.29, 1.82) is 0 Å². The number of hydrogen-bond acceptors (Lipinski definition) is 8. The number of methoxy groups -OCH3 is 2. The first-order valence-electron chi connectivity index (χ1n) is 5.67. The van der Waals surface area contributed by atoms with Gasteiger partial charge in [-0.3, -0.25) is 0 Å². The van der Waals surface area contributed by atoms with Crippen LogP contribution in [0, 0.1) is 0 Å². The fourth-order valence-electron chi connectivity index (χ4n) is 1.70. The lowest BCUT2D eigenvalue weighted by Crippen LogP contribution is -2.46. The second-order valence-electron chi connectivity index (χ2n) is 3.78. The summed E-state index contributed by atoms with van der Waals surface area (Å²) in [5.41, 5.74) is 5.60. The summed E-state index contributed by atoms with van der Waals surface area (Å²) in [7, 11) is 3.00.